The van der Waals surface area contributed by atoms with Crippen molar-refractivity contribution in [2.24, 2.45) is 0 Å². The number of unbranched alkanes of at least 4 members (excludes halogenated alkanes) is 3. The van der Waals surface area contributed by atoms with Crippen LogP contribution in [0.2, 0.25) is 0 Å². The van der Waals surface area contributed by atoms with E-state index >= 15 is 0 Å². The molecule has 0 saturated heterocycles. The zero-order valence-electron chi connectivity index (χ0n) is 15.2. The van der Waals surface area contributed by atoms with Gasteiger partial charge < -0.3 is 9.73 Å². The van der Waals surface area contributed by atoms with E-state index in [2.05, 4.69) is 29.4 Å². The highest BCUT2D eigenvalue weighted by Gasteiger charge is 2.12. The third kappa shape index (κ3) is 6.90. The van der Waals surface area contributed by atoms with Crippen LogP contribution >= 0.6 is 11.8 Å². The zero-order chi connectivity index (χ0) is 18.1. The number of nitrogens with one attached hydrogen (secondary N) is 1. The number of amides is 1. The van der Waals surface area contributed by atoms with E-state index < -0.39 is 0 Å². The third-order valence-electron chi connectivity index (χ3n) is 3.93. The number of carbonyl (C=O) groups is 1. The fourth-order valence-electron chi connectivity index (χ4n) is 2.47. The lowest BCUT2D eigenvalue weighted by Gasteiger charge is -2.13. The first-order valence-electron chi connectivity index (χ1n) is 8.91. The van der Waals surface area contributed by atoms with Crippen LogP contribution < -0.4 is 5.32 Å². The Labute approximate surface area is 154 Å². The number of benzene rings is 1. The minimum Gasteiger partial charge on any atom is -0.411 e. The molecular weight excluding hydrogens is 334 g/mol. The summed E-state index contributed by atoms with van der Waals surface area (Å²) >= 11 is 1.27. The van der Waals surface area contributed by atoms with Gasteiger partial charge in [0.2, 0.25) is 11.8 Å². The van der Waals surface area contributed by atoms with Gasteiger partial charge in [-0.15, -0.1) is 10.2 Å². The van der Waals surface area contributed by atoms with Crippen molar-refractivity contribution in [1.29, 1.82) is 0 Å². The summed E-state index contributed by atoms with van der Waals surface area (Å²) in [6.45, 7) is 6.28. The van der Waals surface area contributed by atoms with Gasteiger partial charge in [-0.3, -0.25) is 4.79 Å². The maximum atomic E-state index is 12.0. The predicted octanol–water partition coefficient (Wildman–Crippen LogP) is 4.61. The van der Waals surface area contributed by atoms with Gasteiger partial charge in [0.15, 0.2) is 0 Å². The second-order valence-electron chi connectivity index (χ2n) is 6.35. The van der Waals surface area contributed by atoms with Crippen molar-refractivity contribution < 1.29 is 9.21 Å². The summed E-state index contributed by atoms with van der Waals surface area (Å²) in [4.78, 5) is 12.0. The molecule has 1 aromatic carbocycles. The molecule has 0 fully saturated rings. The van der Waals surface area contributed by atoms with Gasteiger partial charge in [-0.1, -0.05) is 62.1 Å². The molecule has 0 radical (unpaired) electrons. The van der Waals surface area contributed by atoms with Crippen molar-refractivity contribution >= 4 is 17.7 Å². The van der Waals surface area contributed by atoms with Crippen molar-refractivity contribution in [3.63, 3.8) is 0 Å². The van der Waals surface area contributed by atoms with Gasteiger partial charge in [0, 0.05) is 11.6 Å². The smallest absolute Gasteiger partial charge is 0.277 e. The van der Waals surface area contributed by atoms with E-state index in [4.69, 9.17) is 4.42 Å². The number of thioether (sulfide) groups is 1. The molecule has 0 aliphatic carbocycles. The van der Waals surface area contributed by atoms with Crippen LogP contribution in [0.3, 0.4) is 0 Å². The third-order valence-corrected chi connectivity index (χ3v) is 4.75. The topological polar surface area (TPSA) is 68.0 Å². The van der Waals surface area contributed by atoms with Crippen molar-refractivity contribution in [3.05, 3.63) is 29.8 Å². The molecule has 1 amide bonds. The molecule has 2 aromatic rings. The maximum Gasteiger partial charge on any atom is 0.277 e. The monoisotopic (exact) mass is 361 g/mol. The van der Waals surface area contributed by atoms with E-state index in [1.54, 1.807) is 0 Å². The Balaban J connectivity index is 1.74. The lowest BCUT2D eigenvalue weighted by atomic mass is 10.1. The number of aromatic nitrogens is 2. The molecule has 0 bridgehead atoms. The number of aryl methyl sites for hydroxylation is 1. The molecule has 0 spiro atoms. The second kappa shape index (κ2) is 10.2. The zero-order valence-corrected chi connectivity index (χ0v) is 16.1. The molecule has 0 saturated carbocycles. The largest absolute Gasteiger partial charge is 0.411 e. The first-order valence-corrected chi connectivity index (χ1v) is 9.89. The van der Waals surface area contributed by atoms with Crippen LogP contribution in [0.4, 0.5) is 0 Å². The first kappa shape index (κ1) is 19.5. The lowest BCUT2D eigenvalue weighted by Crippen LogP contribution is -2.33. The van der Waals surface area contributed by atoms with E-state index in [0.717, 1.165) is 18.4 Å². The van der Waals surface area contributed by atoms with Crippen LogP contribution in [0, 0.1) is 6.92 Å². The van der Waals surface area contributed by atoms with Crippen molar-refractivity contribution in [2.45, 2.75) is 64.1 Å². The van der Waals surface area contributed by atoms with E-state index in [1.165, 1.54) is 36.6 Å². The van der Waals surface area contributed by atoms with Crippen LogP contribution in [0.25, 0.3) is 11.5 Å². The van der Waals surface area contributed by atoms with Gasteiger partial charge in [-0.05, 0) is 32.4 Å². The van der Waals surface area contributed by atoms with Crippen LogP contribution in [-0.2, 0) is 4.79 Å². The molecule has 1 N–H and O–H groups in total. The number of nitrogens with zero attached hydrogens (tertiary/aromatic N) is 2. The van der Waals surface area contributed by atoms with Crippen LogP contribution in [-0.4, -0.2) is 27.9 Å². The van der Waals surface area contributed by atoms with E-state index in [1.807, 2.05) is 31.2 Å². The van der Waals surface area contributed by atoms with Gasteiger partial charge in [0.25, 0.3) is 5.22 Å². The van der Waals surface area contributed by atoms with Gasteiger partial charge in [0.1, 0.15) is 0 Å². The number of rotatable bonds is 10. The van der Waals surface area contributed by atoms with E-state index in [0.29, 0.717) is 11.1 Å². The quantitative estimate of drug-likeness (QED) is 0.494. The van der Waals surface area contributed by atoms with Crippen LogP contribution in [0.15, 0.2) is 33.9 Å². The Morgan fingerprint density at radius 3 is 2.68 bits per heavy atom. The second-order valence-corrected chi connectivity index (χ2v) is 7.27. The molecule has 1 heterocycles. The van der Waals surface area contributed by atoms with E-state index in [9.17, 15) is 4.79 Å². The molecule has 25 heavy (non-hydrogen) atoms. The summed E-state index contributed by atoms with van der Waals surface area (Å²) in [5.41, 5.74) is 2.06. The Hall–Kier alpha value is -1.82. The van der Waals surface area contributed by atoms with Crippen molar-refractivity contribution in [1.82, 2.24) is 15.5 Å². The molecule has 2 rings (SSSR count). The normalized spacial score (nSPS) is 12.1. The molecule has 6 heteroatoms. The molecule has 136 valence electrons. The average Bonchev–Trinajstić information content (AvgIpc) is 3.06. The van der Waals surface area contributed by atoms with Gasteiger partial charge >= 0.3 is 0 Å². The summed E-state index contributed by atoms with van der Waals surface area (Å²) in [6.07, 6.45) is 5.90. The Morgan fingerprint density at radius 2 is 1.96 bits per heavy atom. The molecular formula is C19H27N3O2S. The molecule has 1 aromatic heterocycles. The fourth-order valence-corrected chi connectivity index (χ4v) is 3.05. The van der Waals surface area contributed by atoms with Gasteiger partial charge in [0.05, 0.1) is 5.75 Å². The molecule has 0 unspecified atom stereocenters. The highest BCUT2D eigenvalue weighted by Crippen LogP contribution is 2.23. The van der Waals surface area contributed by atoms with Gasteiger partial charge in [-0.2, -0.15) is 0 Å². The standard InChI is InChI=1S/C19H27N3O2S/c1-4-5-6-7-8-15(3)20-17(23)13-25-19-22-21-18(24-19)16-11-9-14(2)10-12-16/h9-12,15H,4-8,13H2,1-3H3,(H,20,23)/t15-/m0/s1. The summed E-state index contributed by atoms with van der Waals surface area (Å²) in [6, 6.07) is 8.11. The summed E-state index contributed by atoms with van der Waals surface area (Å²) in [7, 11) is 0. The average molecular weight is 362 g/mol. The van der Waals surface area contributed by atoms with Gasteiger partial charge in [-0.25, -0.2) is 0 Å². The first-order chi connectivity index (χ1) is 12.1. The minimum atomic E-state index is 0.00285. The number of hydrogen-bond acceptors (Lipinski definition) is 5. The fraction of sp³-hybridized carbons (Fsp3) is 0.526. The molecule has 0 aliphatic heterocycles. The van der Waals surface area contributed by atoms with Crippen molar-refractivity contribution in [2.75, 3.05) is 5.75 Å². The Morgan fingerprint density at radius 1 is 1.20 bits per heavy atom. The number of carbonyl (C=O) groups excluding carboxylic acids is 1. The highest BCUT2D eigenvalue weighted by molar-refractivity contribution is 7.99. The number of hydrogen-bond donors (Lipinski definition) is 1. The summed E-state index contributed by atoms with van der Waals surface area (Å²) in [5.74, 6) is 0.768. The highest BCUT2D eigenvalue weighted by atomic mass is 32.2. The molecule has 0 aliphatic rings. The van der Waals surface area contributed by atoms with Crippen molar-refractivity contribution in [3.8, 4) is 11.5 Å². The SMILES string of the molecule is CCCCCC[C@H](C)NC(=O)CSc1nnc(-c2ccc(C)cc2)o1. The summed E-state index contributed by atoms with van der Waals surface area (Å²) < 4.78 is 5.62. The molecule has 1 atom stereocenters. The minimum absolute atomic E-state index is 0.00285. The lowest BCUT2D eigenvalue weighted by molar-refractivity contribution is -0.119. The Kier molecular flexibility index (Phi) is 7.98. The molecule has 5 nitrogen and oxygen atoms in total. The maximum absolute atomic E-state index is 12.0. The van der Waals surface area contributed by atoms with Crippen LogP contribution in [0.5, 0.6) is 0 Å². The van der Waals surface area contributed by atoms with Crippen LogP contribution in [0.1, 0.15) is 51.5 Å². The predicted molar refractivity (Wildman–Crippen MR) is 102 cm³/mol. The van der Waals surface area contributed by atoms with E-state index in [-0.39, 0.29) is 17.7 Å². The Bertz CT molecular complexity index is 655. The summed E-state index contributed by atoms with van der Waals surface area (Å²) in [5, 5.41) is 11.5.